The highest BCUT2D eigenvalue weighted by atomic mass is 16.4. The van der Waals surface area contributed by atoms with Crippen LogP contribution in [0.1, 0.15) is 53.0 Å². The van der Waals surface area contributed by atoms with Gasteiger partial charge < -0.3 is 53.0 Å². The van der Waals surface area contributed by atoms with Crippen molar-refractivity contribution in [3.05, 3.63) is 35.9 Å². The number of hydrogen-bond donors (Lipinski definition) is 10. The number of carboxylic acid groups (broad SMARTS) is 1. The zero-order valence-electron chi connectivity index (χ0n) is 28.5. The Bertz CT molecular complexity index is 1280. The van der Waals surface area contributed by atoms with Gasteiger partial charge in [0.05, 0.1) is 25.8 Å². The predicted octanol–water partition coefficient (Wildman–Crippen LogP) is -2.72. The number of amides is 6. The smallest absolute Gasteiger partial charge is 0.328 e. The minimum absolute atomic E-state index is 0.0973. The fourth-order valence-electron chi connectivity index (χ4n) is 4.49. The minimum Gasteiger partial charge on any atom is -0.480 e. The number of carbonyl (C=O) groups is 7. The summed E-state index contributed by atoms with van der Waals surface area (Å²) in [5.74, 6) is -6.66. The minimum atomic E-state index is -1.67. The van der Waals surface area contributed by atoms with E-state index in [4.69, 9.17) is 15.9 Å². The van der Waals surface area contributed by atoms with Gasteiger partial charge in [0.15, 0.2) is 0 Å². The quantitative estimate of drug-likeness (QED) is 0.0631. The Kier molecular flexibility index (Phi) is 18.5. The molecule has 1 aromatic rings. The lowest BCUT2D eigenvalue weighted by atomic mass is 9.96. The van der Waals surface area contributed by atoms with Crippen LogP contribution in [0.25, 0.3) is 0 Å². The van der Waals surface area contributed by atoms with E-state index in [2.05, 4.69) is 26.6 Å². The normalized spacial score (nSPS) is 15.3. The Labute approximate surface area is 285 Å². The Morgan fingerprint density at radius 1 is 0.714 bits per heavy atom. The maximum atomic E-state index is 13.5. The SMILES string of the molecule is CC[C@H](C)[C@H](NC(=O)[C@H](C)NC(=O)CNC(=O)[C@@H](N)Cc1ccccc1)C(=O)N[C@@H](CC(C)C)C(=O)N[C@@H](CO)C(=O)N[C@@H](CO)C(=O)O. The summed E-state index contributed by atoms with van der Waals surface area (Å²) in [7, 11) is 0. The lowest BCUT2D eigenvalue weighted by Gasteiger charge is -2.29. The van der Waals surface area contributed by atoms with Gasteiger partial charge in [-0.25, -0.2) is 4.79 Å². The highest BCUT2D eigenvalue weighted by Gasteiger charge is 2.33. The number of benzene rings is 1. The molecule has 0 radical (unpaired) electrons. The Morgan fingerprint density at radius 2 is 1.27 bits per heavy atom. The molecule has 17 heteroatoms. The summed E-state index contributed by atoms with van der Waals surface area (Å²) >= 11 is 0. The van der Waals surface area contributed by atoms with E-state index in [-0.39, 0.29) is 18.8 Å². The van der Waals surface area contributed by atoms with E-state index in [0.717, 1.165) is 5.56 Å². The summed E-state index contributed by atoms with van der Waals surface area (Å²) < 4.78 is 0. The first-order valence-electron chi connectivity index (χ1n) is 16.1. The van der Waals surface area contributed by atoms with Crippen molar-refractivity contribution in [1.82, 2.24) is 31.9 Å². The van der Waals surface area contributed by atoms with Gasteiger partial charge in [-0.2, -0.15) is 0 Å². The molecule has 0 aliphatic carbocycles. The van der Waals surface area contributed by atoms with Crippen molar-refractivity contribution < 1.29 is 48.9 Å². The lowest BCUT2D eigenvalue weighted by Crippen LogP contribution is -2.60. The molecule has 17 nitrogen and oxygen atoms in total. The van der Waals surface area contributed by atoms with Crippen molar-refractivity contribution in [2.24, 2.45) is 17.6 Å². The third kappa shape index (κ3) is 15.0. The molecule has 1 rings (SSSR count). The predicted molar refractivity (Wildman–Crippen MR) is 177 cm³/mol. The number of hydrogen-bond acceptors (Lipinski definition) is 10. The van der Waals surface area contributed by atoms with Crippen molar-refractivity contribution in [3.63, 3.8) is 0 Å². The number of nitrogens with one attached hydrogen (secondary N) is 6. The molecule has 274 valence electrons. The molecule has 0 fully saturated rings. The first-order valence-corrected chi connectivity index (χ1v) is 16.1. The van der Waals surface area contributed by atoms with Gasteiger partial charge in [0, 0.05) is 0 Å². The molecule has 0 aromatic heterocycles. The van der Waals surface area contributed by atoms with Crippen molar-refractivity contribution >= 4 is 41.4 Å². The van der Waals surface area contributed by atoms with E-state index in [0.29, 0.717) is 6.42 Å². The first-order chi connectivity index (χ1) is 23.0. The van der Waals surface area contributed by atoms with Crippen LogP contribution in [0.5, 0.6) is 0 Å². The Morgan fingerprint density at radius 3 is 1.80 bits per heavy atom. The van der Waals surface area contributed by atoms with Crippen LogP contribution in [-0.2, 0) is 40.0 Å². The van der Waals surface area contributed by atoms with Gasteiger partial charge in [-0.1, -0.05) is 64.4 Å². The Hall–Kier alpha value is -4.61. The summed E-state index contributed by atoms with van der Waals surface area (Å²) in [4.78, 5) is 88.2. The summed E-state index contributed by atoms with van der Waals surface area (Å²) in [6.45, 7) is 6.16. The number of nitrogens with two attached hydrogens (primary N) is 1. The van der Waals surface area contributed by atoms with E-state index in [1.54, 1.807) is 27.7 Å². The number of carboxylic acids is 1. The summed E-state index contributed by atoms with van der Waals surface area (Å²) in [5, 5.41) is 42.3. The van der Waals surface area contributed by atoms with Crippen LogP contribution in [0.2, 0.25) is 0 Å². The van der Waals surface area contributed by atoms with Gasteiger partial charge >= 0.3 is 5.97 Å². The monoisotopic (exact) mass is 693 g/mol. The maximum absolute atomic E-state index is 13.5. The molecule has 0 unspecified atom stereocenters. The van der Waals surface area contributed by atoms with Crippen molar-refractivity contribution in [1.29, 1.82) is 0 Å². The van der Waals surface area contributed by atoms with Gasteiger partial charge in [-0.15, -0.1) is 0 Å². The number of rotatable bonds is 21. The van der Waals surface area contributed by atoms with Gasteiger partial charge in [0.25, 0.3) is 0 Å². The second kappa shape index (κ2) is 21.4. The van der Waals surface area contributed by atoms with E-state index in [9.17, 15) is 38.7 Å². The van der Waals surface area contributed by atoms with Crippen LogP contribution >= 0.6 is 0 Å². The molecule has 0 aliphatic heterocycles. The van der Waals surface area contributed by atoms with Crippen molar-refractivity contribution in [2.75, 3.05) is 19.8 Å². The molecule has 0 saturated heterocycles. The molecule has 7 atom stereocenters. The molecule has 0 saturated carbocycles. The number of aliphatic hydroxyl groups excluding tert-OH is 2. The molecule has 49 heavy (non-hydrogen) atoms. The van der Waals surface area contributed by atoms with Crippen molar-refractivity contribution in [3.8, 4) is 0 Å². The van der Waals surface area contributed by atoms with Crippen LogP contribution < -0.4 is 37.6 Å². The maximum Gasteiger partial charge on any atom is 0.328 e. The fourth-order valence-corrected chi connectivity index (χ4v) is 4.49. The average Bonchev–Trinajstić information content (AvgIpc) is 3.06. The molecule has 0 aliphatic rings. The number of aliphatic hydroxyl groups is 2. The lowest BCUT2D eigenvalue weighted by molar-refractivity contribution is -0.143. The molecular weight excluding hydrogens is 642 g/mol. The van der Waals surface area contributed by atoms with Gasteiger partial charge in [0.1, 0.15) is 30.2 Å². The molecule has 6 amide bonds. The largest absolute Gasteiger partial charge is 0.480 e. The van der Waals surface area contributed by atoms with Gasteiger partial charge in [0.2, 0.25) is 35.4 Å². The summed E-state index contributed by atoms with van der Waals surface area (Å²) in [6.07, 6.45) is 0.804. The third-order valence-corrected chi connectivity index (χ3v) is 7.58. The Balaban J connectivity index is 2.87. The number of aliphatic carboxylic acids is 1. The fraction of sp³-hybridized carbons (Fsp3) is 0.594. The zero-order valence-corrected chi connectivity index (χ0v) is 28.5. The standard InChI is InChI=1S/C32H51N7O10/c1-6-18(4)26(39-27(43)19(5)35-25(42)14-34-28(44)21(33)13-20-10-8-7-9-11-20)31(47)36-22(12-17(2)3)29(45)37-23(15-40)30(46)38-24(16-41)32(48)49/h7-11,17-19,21-24,26,40-41H,6,12-16,33H2,1-5H3,(H,34,44)(H,35,42)(H,36,47)(H,37,45)(H,38,46)(H,39,43)(H,48,49)/t18-,19-,21-,22-,23-,24-,26-/m0/s1. The van der Waals surface area contributed by atoms with Gasteiger partial charge in [-0.3, -0.25) is 28.8 Å². The van der Waals surface area contributed by atoms with Crippen LogP contribution in [-0.4, -0.2) is 113 Å². The van der Waals surface area contributed by atoms with E-state index < -0.39 is 103 Å². The highest BCUT2D eigenvalue weighted by molar-refractivity contribution is 5.96. The summed E-state index contributed by atoms with van der Waals surface area (Å²) in [5.41, 5.74) is 6.79. The third-order valence-electron chi connectivity index (χ3n) is 7.58. The zero-order chi connectivity index (χ0) is 37.3. The van der Waals surface area contributed by atoms with E-state index >= 15 is 0 Å². The van der Waals surface area contributed by atoms with E-state index in [1.165, 1.54) is 6.92 Å². The topological polar surface area (TPSA) is 278 Å². The first kappa shape index (κ1) is 42.4. The molecule has 0 spiro atoms. The molecule has 0 bridgehead atoms. The average molecular weight is 694 g/mol. The van der Waals surface area contributed by atoms with Crippen LogP contribution in [0.4, 0.5) is 0 Å². The van der Waals surface area contributed by atoms with E-state index in [1.807, 2.05) is 35.6 Å². The second-order valence-corrected chi connectivity index (χ2v) is 12.2. The second-order valence-electron chi connectivity index (χ2n) is 12.2. The van der Waals surface area contributed by atoms with Crippen LogP contribution in [0.15, 0.2) is 30.3 Å². The molecule has 1 aromatic carbocycles. The highest BCUT2D eigenvalue weighted by Crippen LogP contribution is 2.11. The molecule has 0 heterocycles. The van der Waals surface area contributed by atoms with Gasteiger partial charge in [-0.05, 0) is 37.2 Å². The number of carbonyl (C=O) groups excluding carboxylic acids is 6. The van der Waals surface area contributed by atoms with Crippen LogP contribution in [0, 0.1) is 11.8 Å². The summed E-state index contributed by atoms with van der Waals surface area (Å²) in [6, 6.07) is 1.46. The molecular formula is C32H51N7O10. The van der Waals surface area contributed by atoms with Crippen molar-refractivity contribution in [2.45, 2.75) is 90.1 Å². The molecule has 11 N–H and O–H groups in total. The van der Waals surface area contributed by atoms with Crippen LogP contribution in [0.3, 0.4) is 0 Å².